The number of carbonyl (C=O) groups is 1. The van der Waals surface area contributed by atoms with E-state index in [2.05, 4.69) is 5.32 Å². The van der Waals surface area contributed by atoms with Gasteiger partial charge in [0.25, 0.3) is 0 Å². The molecule has 116 valence electrons. The van der Waals surface area contributed by atoms with E-state index in [1.54, 1.807) is 0 Å². The van der Waals surface area contributed by atoms with Crippen molar-refractivity contribution in [3.63, 3.8) is 0 Å². The molecule has 0 spiro atoms. The number of ether oxygens (including phenoxy) is 1. The molecule has 0 amide bonds. The summed E-state index contributed by atoms with van der Waals surface area (Å²) in [7, 11) is 0. The number of carbonyl (C=O) groups excluding carboxylic acids is 1. The van der Waals surface area contributed by atoms with Crippen LogP contribution in [0.4, 0.5) is 5.69 Å². The van der Waals surface area contributed by atoms with Crippen LogP contribution < -0.4 is 15.8 Å². The number of nitrogens with one attached hydrogen (secondary N) is 1. The van der Waals surface area contributed by atoms with E-state index in [1.807, 2.05) is 56.3 Å². The fourth-order valence-electron chi connectivity index (χ4n) is 2.06. The van der Waals surface area contributed by atoms with Crippen molar-refractivity contribution in [3.8, 4) is 5.75 Å². The van der Waals surface area contributed by atoms with Gasteiger partial charge in [0.05, 0.1) is 0 Å². The van der Waals surface area contributed by atoms with Gasteiger partial charge < -0.3 is 15.8 Å². The van der Waals surface area contributed by atoms with Crippen LogP contribution in [0, 0.1) is 13.8 Å². The van der Waals surface area contributed by atoms with E-state index in [9.17, 15) is 4.79 Å². The molecule has 0 aliphatic heterocycles. The molecule has 2 rings (SSSR count). The zero-order valence-electron chi connectivity index (χ0n) is 13.1. The molecule has 0 aromatic heterocycles. The SMILES string of the molecule is Cc1ccc(C(=O)COc2cccc(NCCN)c2)cc1C. The third kappa shape index (κ3) is 4.33. The van der Waals surface area contributed by atoms with Crippen LogP contribution in [0.2, 0.25) is 0 Å². The largest absolute Gasteiger partial charge is 0.485 e. The third-order valence-electron chi connectivity index (χ3n) is 3.51. The molecule has 0 unspecified atom stereocenters. The van der Waals surface area contributed by atoms with Crippen LogP contribution >= 0.6 is 0 Å². The van der Waals surface area contributed by atoms with Gasteiger partial charge in [-0.1, -0.05) is 18.2 Å². The summed E-state index contributed by atoms with van der Waals surface area (Å²) in [5.41, 5.74) is 9.36. The minimum absolute atomic E-state index is 0.0246. The van der Waals surface area contributed by atoms with Crippen LogP contribution in [0.3, 0.4) is 0 Å². The molecule has 0 atom stereocenters. The van der Waals surface area contributed by atoms with Gasteiger partial charge >= 0.3 is 0 Å². The van der Waals surface area contributed by atoms with Crippen molar-refractivity contribution in [2.75, 3.05) is 25.0 Å². The quantitative estimate of drug-likeness (QED) is 0.771. The third-order valence-corrected chi connectivity index (χ3v) is 3.51. The predicted octanol–water partition coefficient (Wildman–Crippen LogP) is 2.94. The van der Waals surface area contributed by atoms with Crippen molar-refractivity contribution in [3.05, 3.63) is 59.2 Å². The molecule has 0 radical (unpaired) electrons. The number of Topliss-reactive ketones (excluding diaryl/α,β-unsaturated/α-hetero) is 1. The molecule has 0 aliphatic carbocycles. The van der Waals surface area contributed by atoms with Gasteiger partial charge in [0.15, 0.2) is 12.4 Å². The zero-order chi connectivity index (χ0) is 15.9. The van der Waals surface area contributed by atoms with Gasteiger partial charge in [-0.2, -0.15) is 0 Å². The second kappa shape index (κ2) is 7.61. The first-order valence-corrected chi connectivity index (χ1v) is 7.37. The number of hydrogen-bond acceptors (Lipinski definition) is 4. The van der Waals surface area contributed by atoms with Gasteiger partial charge in [-0.25, -0.2) is 0 Å². The highest BCUT2D eigenvalue weighted by Crippen LogP contribution is 2.18. The Morgan fingerprint density at radius 1 is 1.14 bits per heavy atom. The van der Waals surface area contributed by atoms with E-state index in [0.29, 0.717) is 24.4 Å². The summed E-state index contributed by atoms with van der Waals surface area (Å²) in [5.74, 6) is 0.641. The normalized spacial score (nSPS) is 10.3. The summed E-state index contributed by atoms with van der Waals surface area (Å²) < 4.78 is 5.59. The standard InChI is InChI=1S/C18H22N2O2/c1-13-6-7-15(10-14(13)2)18(21)12-22-17-5-3-4-16(11-17)20-9-8-19/h3-7,10-11,20H,8-9,12,19H2,1-2H3. The van der Waals surface area contributed by atoms with Gasteiger partial charge in [0.1, 0.15) is 5.75 Å². The van der Waals surface area contributed by atoms with E-state index in [4.69, 9.17) is 10.5 Å². The van der Waals surface area contributed by atoms with Gasteiger partial charge in [0, 0.05) is 30.4 Å². The number of rotatable bonds is 7. The fraction of sp³-hybridized carbons (Fsp3) is 0.278. The van der Waals surface area contributed by atoms with Gasteiger partial charge in [-0.15, -0.1) is 0 Å². The Hall–Kier alpha value is -2.33. The van der Waals surface area contributed by atoms with Crippen LogP contribution in [-0.4, -0.2) is 25.5 Å². The second-order valence-corrected chi connectivity index (χ2v) is 5.25. The molecule has 4 nitrogen and oxygen atoms in total. The van der Waals surface area contributed by atoms with Crippen molar-refractivity contribution < 1.29 is 9.53 Å². The Kier molecular flexibility index (Phi) is 5.55. The fourth-order valence-corrected chi connectivity index (χ4v) is 2.06. The minimum atomic E-state index is -0.0246. The maximum absolute atomic E-state index is 12.2. The first kappa shape index (κ1) is 16.0. The van der Waals surface area contributed by atoms with Crippen molar-refractivity contribution in [1.82, 2.24) is 0 Å². The van der Waals surface area contributed by atoms with Crippen LogP contribution in [0.1, 0.15) is 21.5 Å². The first-order valence-electron chi connectivity index (χ1n) is 7.37. The number of anilines is 1. The van der Waals surface area contributed by atoms with E-state index in [-0.39, 0.29) is 12.4 Å². The van der Waals surface area contributed by atoms with E-state index in [0.717, 1.165) is 11.3 Å². The lowest BCUT2D eigenvalue weighted by Crippen LogP contribution is -2.14. The first-order chi connectivity index (χ1) is 10.6. The number of benzene rings is 2. The molecule has 3 N–H and O–H groups in total. The highest BCUT2D eigenvalue weighted by molar-refractivity contribution is 5.97. The number of aryl methyl sites for hydroxylation is 2. The average molecular weight is 298 g/mol. The Morgan fingerprint density at radius 2 is 1.95 bits per heavy atom. The van der Waals surface area contributed by atoms with Crippen LogP contribution in [0.25, 0.3) is 0 Å². The minimum Gasteiger partial charge on any atom is -0.485 e. The molecule has 2 aromatic rings. The van der Waals surface area contributed by atoms with E-state index < -0.39 is 0 Å². The van der Waals surface area contributed by atoms with Crippen molar-refractivity contribution in [2.24, 2.45) is 5.73 Å². The molecule has 22 heavy (non-hydrogen) atoms. The summed E-state index contributed by atoms with van der Waals surface area (Å²) in [6.07, 6.45) is 0. The Bertz CT molecular complexity index is 653. The molecule has 0 saturated carbocycles. The molecule has 2 aromatic carbocycles. The molecular formula is C18H22N2O2. The summed E-state index contributed by atoms with van der Waals surface area (Å²) in [5, 5.41) is 3.18. The Labute approximate surface area is 131 Å². The number of nitrogens with two attached hydrogens (primary N) is 1. The molecule has 4 heteroatoms. The molecule has 0 fully saturated rings. The summed E-state index contributed by atoms with van der Waals surface area (Å²) in [4.78, 5) is 12.2. The number of ketones is 1. The van der Waals surface area contributed by atoms with E-state index in [1.165, 1.54) is 5.56 Å². The van der Waals surface area contributed by atoms with Crippen LogP contribution in [-0.2, 0) is 0 Å². The summed E-state index contributed by atoms with van der Waals surface area (Å²) >= 11 is 0. The Morgan fingerprint density at radius 3 is 2.68 bits per heavy atom. The van der Waals surface area contributed by atoms with E-state index >= 15 is 0 Å². The van der Waals surface area contributed by atoms with Crippen molar-refractivity contribution >= 4 is 11.5 Å². The molecule has 0 saturated heterocycles. The monoisotopic (exact) mass is 298 g/mol. The zero-order valence-corrected chi connectivity index (χ0v) is 13.1. The maximum Gasteiger partial charge on any atom is 0.200 e. The lowest BCUT2D eigenvalue weighted by Gasteiger charge is -2.09. The van der Waals surface area contributed by atoms with Gasteiger partial charge in [-0.3, -0.25) is 4.79 Å². The Balaban J connectivity index is 1.97. The van der Waals surface area contributed by atoms with Crippen LogP contribution in [0.5, 0.6) is 5.75 Å². The molecule has 0 bridgehead atoms. The maximum atomic E-state index is 12.2. The van der Waals surface area contributed by atoms with Crippen molar-refractivity contribution in [2.45, 2.75) is 13.8 Å². The average Bonchev–Trinajstić information content (AvgIpc) is 2.53. The summed E-state index contributed by atoms with van der Waals surface area (Å²) in [6.45, 7) is 5.32. The molecule has 0 aliphatic rings. The smallest absolute Gasteiger partial charge is 0.200 e. The molecular weight excluding hydrogens is 276 g/mol. The summed E-state index contributed by atoms with van der Waals surface area (Å²) in [6, 6.07) is 13.2. The van der Waals surface area contributed by atoms with Crippen molar-refractivity contribution in [1.29, 1.82) is 0 Å². The lowest BCUT2D eigenvalue weighted by molar-refractivity contribution is 0.0921. The van der Waals surface area contributed by atoms with Crippen LogP contribution in [0.15, 0.2) is 42.5 Å². The topological polar surface area (TPSA) is 64.3 Å². The highest BCUT2D eigenvalue weighted by atomic mass is 16.5. The molecule has 0 heterocycles. The van der Waals surface area contributed by atoms with Gasteiger partial charge in [0.2, 0.25) is 0 Å². The number of hydrogen-bond donors (Lipinski definition) is 2. The second-order valence-electron chi connectivity index (χ2n) is 5.25. The predicted molar refractivity (Wildman–Crippen MR) is 89.7 cm³/mol. The lowest BCUT2D eigenvalue weighted by atomic mass is 10.0. The van der Waals surface area contributed by atoms with Gasteiger partial charge in [-0.05, 0) is 43.2 Å². The highest BCUT2D eigenvalue weighted by Gasteiger charge is 2.08.